The molecule has 0 fully saturated rings. The van der Waals surface area contributed by atoms with Crippen LogP contribution in [0.3, 0.4) is 0 Å². The molecule has 1 rings (SSSR count). The van der Waals surface area contributed by atoms with Crippen LogP contribution in [0.4, 0.5) is 5.69 Å². The van der Waals surface area contributed by atoms with Gasteiger partial charge in [-0.25, -0.2) is 0 Å². The molecule has 0 aliphatic rings. The lowest BCUT2D eigenvalue weighted by atomic mass is 10.1. The minimum atomic E-state index is -1.03. The summed E-state index contributed by atoms with van der Waals surface area (Å²) in [4.78, 5) is 23.9. The van der Waals surface area contributed by atoms with Crippen molar-refractivity contribution in [3.05, 3.63) is 42.5 Å². The third-order valence-corrected chi connectivity index (χ3v) is 2.69. The lowest BCUT2D eigenvalue weighted by molar-refractivity contribution is -0.144. The zero-order valence-corrected chi connectivity index (χ0v) is 10.7. The number of hydrogen-bond acceptors (Lipinski definition) is 3. The second kappa shape index (κ2) is 7.20. The van der Waals surface area contributed by atoms with Gasteiger partial charge in [0.1, 0.15) is 6.54 Å². The van der Waals surface area contributed by atoms with Crippen molar-refractivity contribution < 1.29 is 14.7 Å². The summed E-state index contributed by atoms with van der Waals surface area (Å²) in [6, 6.07) is 7.32. The molecule has 0 aliphatic carbocycles. The summed E-state index contributed by atoms with van der Waals surface area (Å²) < 4.78 is 0. The van der Waals surface area contributed by atoms with Crippen molar-refractivity contribution in [2.75, 3.05) is 18.8 Å². The number of anilines is 1. The van der Waals surface area contributed by atoms with E-state index in [0.29, 0.717) is 12.1 Å². The minimum absolute atomic E-state index is 0.217. The van der Waals surface area contributed by atoms with Crippen LogP contribution < -0.4 is 5.73 Å². The molecule has 5 heteroatoms. The van der Waals surface area contributed by atoms with Crippen molar-refractivity contribution in [3.8, 4) is 0 Å². The minimum Gasteiger partial charge on any atom is -0.480 e. The normalized spacial score (nSPS) is 9.89. The first-order chi connectivity index (χ1) is 9.04. The SMILES string of the molecule is C=CCN(CC(=O)O)C(=O)CCc1ccccc1N. The first-order valence-electron chi connectivity index (χ1n) is 5.98. The Balaban J connectivity index is 2.59. The van der Waals surface area contributed by atoms with Gasteiger partial charge in [0.25, 0.3) is 0 Å². The van der Waals surface area contributed by atoms with Gasteiger partial charge in [0.15, 0.2) is 0 Å². The number of amides is 1. The molecule has 19 heavy (non-hydrogen) atoms. The van der Waals surface area contributed by atoms with Gasteiger partial charge in [-0.15, -0.1) is 6.58 Å². The highest BCUT2D eigenvalue weighted by Crippen LogP contribution is 2.13. The summed E-state index contributed by atoms with van der Waals surface area (Å²) in [5.41, 5.74) is 7.32. The Bertz CT molecular complexity index is 472. The van der Waals surface area contributed by atoms with Crippen molar-refractivity contribution in [2.45, 2.75) is 12.8 Å². The molecule has 0 aliphatic heterocycles. The number of benzene rings is 1. The number of rotatable bonds is 7. The molecule has 0 unspecified atom stereocenters. The monoisotopic (exact) mass is 262 g/mol. The Morgan fingerprint density at radius 2 is 2.05 bits per heavy atom. The first kappa shape index (κ1) is 14.8. The van der Waals surface area contributed by atoms with Crippen molar-refractivity contribution in [1.82, 2.24) is 4.90 Å². The van der Waals surface area contributed by atoms with Crippen LogP contribution in [0.25, 0.3) is 0 Å². The van der Waals surface area contributed by atoms with Gasteiger partial charge in [0.05, 0.1) is 0 Å². The Morgan fingerprint density at radius 1 is 1.37 bits per heavy atom. The molecule has 5 nitrogen and oxygen atoms in total. The van der Waals surface area contributed by atoms with Crippen LogP contribution in [0.15, 0.2) is 36.9 Å². The number of carboxylic acids is 1. The van der Waals surface area contributed by atoms with Gasteiger partial charge in [-0.05, 0) is 18.1 Å². The highest BCUT2D eigenvalue weighted by Gasteiger charge is 2.15. The summed E-state index contributed by atoms with van der Waals surface area (Å²) in [5.74, 6) is -1.25. The molecule has 0 atom stereocenters. The zero-order valence-electron chi connectivity index (χ0n) is 10.7. The molecule has 0 radical (unpaired) electrons. The maximum Gasteiger partial charge on any atom is 0.323 e. The molecule has 3 N–H and O–H groups in total. The molecule has 1 aromatic carbocycles. The van der Waals surface area contributed by atoms with Crippen molar-refractivity contribution in [1.29, 1.82) is 0 Å². The second-order valence-electron chi connectivity index (χ2n) is 4.16. The lowest BCUT2D eigenvalue weighted by Gasteiger charge is -2.18. The second-order valence-corrected chi connectivity index (χ2v) is 4.16. The van der Waals surface area contributed by atoms with Gasteiger partial charge < -0.3 is 15.7 Å². The predicted octanol–water partition coefficient (Wildman–Crippen LogP) is 1.30. The summed E-state index contributed by atoms with van der Waals surface area (Å²) in [6.07, 6.45) is 2.24. The average molecular weight is 262 g/mol. The molecule has 0 saturated heterocycles. The van der Waals surface area contributed by atoms with Gasteiger partial charge in [-0.1, -0.05) is 24.3 Å². The largest absolute Gasteiger partial charge is 0.480 e. The third kappa shape index (κ3) is 4.83. The third-order valence-electron chi connectivity index (χ3n) is 2.69. The van der Waals surface area contributed by atoms with Crippen LogP contribution in [-0.4, -0.2) is 35.0 Å². The Morgan fingerprint density at radius 3 is 2.63 bits per heavy atom. The highest BCUT2D eigenvalue weighted by atomic mass is 16.4. The van der Waals surface area contributed by atoms with E-state index in [1.54, 1.807) is 6.07 Å². The maximum absolute atomic E-state index is 11.9. The van der Waals surface area contributed by atoms with Crippen molar-refractivity contribution in [2.24, 2.45) is 0 Å². The maximum atomic E-state index is 11.9. The fourth-order valence-corrected chi connectivity index (χ4v) is 1.74. The molecule has 1 aromatic rings. The number of nitrogen functional groups attached to an aromatic ring is 1. The molecule has 0 spiro atoms. The van der Waals surface area contributed by atoms with Gasteiger partial charge in [-0.2, -0.15) is 0 Å². The number of nitrogens with two attached hydrogens (primary N) is 1. The number of hydrogen-bond donors (Lipinski definition) is 2. The molecule has 0 aromatic heterocycles. The van der Waals surface area contributed by atoms with E-state index < -0.39 is 5.97 Å². The van der Waals surface area contributed by atoms with E-state index in [9.17, 15) is 9.59 Å². The van der Waals surface area contributed by atoms with Gasteiger partial charge >= 0.3 is 5.97 Å². The van der Waals surface area contributed by atoms with Gasteiger partial charge in [-0.3, -0.25) is 9.59 Å². The van der Waals surface area contributed by atoms with Crippen LogP contribution in [0.5, 0.6) is 0 Å². The summed E-state index contributed by atoms with van der Waals surface area (Å²) >= 11 is 0. The number of para-hydroxylation sites is 1. The fourth-order valence-electron chi connectivity index (χ4n) is 1.74. The number of carbonyl (C=O) groups excluding carboxylic acids is 1. The van der Waals surface area contributed by atoms with Crippen LogP contribution in [0.2, 0.25) is 0 Å². The van der Waals surface area contributed by atoms with Crippen LogP contribution in [0, 0.1) is 0 Å². The van der Waals surface area contributed by atoms with Crippen molar-refractivity contribution in [3.63, 3.8) is 0 Å². The quantitative estimate of drug-likeness (QED) is 0.573. The number of nitrogens with zero attached hydrogens (tertiary/aromatic N) is 1. The summed E-state index contributed by atoms with van der Waals surface area (Å²) in [5, 5.41) is 8.74. The van der Waals surface area contributed by atoms with E-state index in [4.69, 9.17) is 10.8 Å². The molecule has 0 saturated carbocycles. The number of aryl methyl sites for hydroxylation is 1. The average Bonchev–Trinajstić information content (AvgIpc) is 2.36. The Kier molecular flexibility index (Phi) is 5.60. The number of carbonyl (C=O) groups is 2. The van der Waals surface area contributed by atoms with E-state index in [0.717, 1.165) is 5.56 Å². The highest BCUT2D eigenvalue weighted by molar-refractivity contribution is 5.81. The number of carboxylic acid groups (broad SMARTS) is 1. The van der Waals surface area contributed by atoms with E-state index in [2.05, 4.69) is 6.58 Å². The smallest absolute Gasteiger partial charge is 0.323 e. The lowest BCUT2D eigenvalue weighted by Crippen LogP contribution is -2.35. The van der Waals surface area contributed by atoms with E-state index in [1.807, 2.05) is 18.2 Å². The van der Waals surface area contributed by atoms with E-state index in [-0.39, 0.29) is 25.4 Å². The van der Waals surface area contributed by atoms with Gasteiger partial charge in [0.2, 0.25) is 5.91 Å². The summed E-state index contributed by atoms with van der Waals surface area (Å²) in [6.45, 7) is 3.44. The Labute approximate surface area is 112 Å². The molecule has 0 bridgehead atoms. The van der Waals surface area contributed by atoms with Crippen molar-refractivity contribution >= 4 is 17.6 Å². The first-order valence-corrected chi connectivity index (χ1v) is 5.98. The number of aliphatic carboxylic acids is 1. The molecule has 1 amide bonds. The zero-order chi connectivity index (χ0) is 14.3. The summed E-state index contributed by atoms with van der Waals surface area (Å²) in [7, 11) is 0. The van der Waals surface area contributed by atoms with Crippen LogP contribution >= 0.6 is 0 Å². The predicted molar refractivity (Wildman–Crippen MR) is 73.6 cm³/mol. The van der Waals surface area contributed by atoms with Crippen LogP contribution in [-0.2, 0) is 16.0 Å². The van der Waals surface area contributed by atoms with Gasteiger partial charge in [0, 0.05) is 18.7 Å². The van der Waals surface area contributed by atoms with Crippen LogP contribution in [0.1, 0.15) is 12.0 Å². The standard InChI is InChI=1S/C14H18N2O3/c1-2-9-16(10-14(18)19)13(17)8-7-11-5-3-4-6-12(11)15/h2-6H,1,7-10,15H2,(H,18,19). The Hall–Kier alpha value is -2.30. The molecule has 102 valence electrons. The van der Waals surface area contributed by atoms with E-state index in [1.165, 1.54) is 11.0 Å². The van der Waals surface area contributed by atoms with E-state index >= 15 is 0 Å². The molecule has 0 heterocycles. The fraction of sp³-hybridized carbons (Fsp3) is 0.286. The topological polar surface area (TPSA) is 83.6 Å². The molecular weight excluding hydrogens is 244 g/mol. The molecular formula is C14H18N2O3.